The van der Waals surface area contributed by atoms with Crippen molar-refractivity contribution in [1.82, 2.24) is 0 Å². The van der Waals surface area contributed by atoms with Crippen LogP contribution in [-0.2, 0) is 5.41 Å². The number of thiophene rings is 2. The Balaban J connectivity index is 1.33. The molecule has 1 aliphatic carbocycles. The fourth-order valence-electron chi connectivity index (χ4n) is 8.80. The molecule has 10 aromatic rings. The van der Waals surface area contributed by atoms with Gasteiger partial charge in [0, 0.05) is 19.2 Å². The smallest absolute Gasteiger partial charge is 0.116 e. The topological polar surface area (TPSA) is 40.5 Å². The van der Waals surface area contributed by atoms with E-state index in [0.29, 0.717) is 0 Å². The Kier molecular flexibility index (Phi) is 6.54. The Hall–Kier alpha value is -6.20. The van der Waals surface area contributed by atoms with Gasteiger partial charge in [-0.2, -0.15) is 0 Å². The molecule has 2 N–H and O–H groups in total. The van der Waals surface area contributed by atoms with E-state index in [9.17, 15) is 10.2 Å². The molecule has 0 atom stereocenters. The molecule has 0 fully saturated rings. The highest BCUT2D eigenvalue weighted by molar-refractivity contribution is 7.22. The summed E-state index contributed by atoms with van der Waals surface area (Å²) in [6.45, 7) is 0. The van der Waals surface area contributed by atoms with Crippen molar-refractivity contribution in [1.29, 1.82) is 0 Å². The van der Waals surface area contributed by atoms with Gasteiger partial charge in [0.1, 0.15) is 11.5 Å². The first-order chi connectivity index (χ1) is 26.0. The minimum Gasteiger partial charge on any atom is -0.508 e. The van der Waals surface area contributed by atoms with Crippen molar-refractivity contribution in [3.05, 3.63) is 192 Å². The molecule has 0 unspecified atom stereocenters. The maximum absolute atomic E-state index is 10.4. The molecule has 0 radical (unpaired) electrons. The highest BCUT2D eigenvalue weighted by Gasteiger charge is 2.49. The number of benzene rings is 8. The summed E-state index contributed by atoms with van der Waals surface area (Å²) in [5.74, 6) is 0.516. The lowest BCUT2D eigenvalue weighted by Gasteiger charge is -2.36. The average molecular weight is 715 g/mol. The van der Waals surface area contributed by atoms with Crippen LogP contribution < -0.4 is 0 Å². The van der Waals surface area contributed by atoms with Crippen LogP contribution in [0.5, 0.6) is 11.5 Å². The molecule has 2 aromatic heterocycles. The minimum absolute atomic E-state index is 0.258. The van der Waals surface area contributed by atoms with Crippen LogP contribution in [0.15, 0.2) is 170 Å². The lowest BCUT2D eigenvalue weighted by Crippen LogP contribution is -2.30. The van der Waals surface area contributed by atoms with Gasteiger partial charge in [-0.25, -0.2) is 0 Å². The molecule has 53 heavy (non-hydrogen) atoms. The molecule has 4 heteroatoms. The SMILES string of the molecule is Oc1ccc2cc(C3(c4ccc5cc(O)ccc5c4)c4c(-c5cc6ccccc6s5)cccc4-c4cccc(-c5cc6ccccc6s5)c43)ccc2c1. The number of aromatic hydroxyl groups is 2. The van der Waals surface area contributed by atoms with Crippen molar-refractivity contribution >= 4 is 64.4 Å². The third-order valence-electron chi connectivity index (χ3n) is 11.1. The molecular weight excluding hydrogens is 685 g/mol. The lowest BCUT2D eigenvalue weighted by atomic mass is 9.65. The maximum Gasteiger partial charge on any atom is 0.116 e. The van der Waals surface area contributed by atoms with Crippen LogP contribution in [-0.4, -0.2) is 10.2 Å². The van der Waals surface area contributed by atoms with Gasteiger partial charge in [0.25, 0.3) is 0 Å². The van der Waals surface area contributed by atoms with Crippen LogP contribution in [0, 0.1) is 0 Å². The van der Waals surface area contributed by atoms with E-state index in [1.807, 2.05) is 46.9 Å². The molecule has 0 aliphatic heterocycles. The van der Waals surface area contributed by atoms with Gasteiger partial charge in [-0.15, -0.1) is 22.7 Å². The van der Waals surface area contributed by atoms with Crippen LogP contribution in [0.2, 0.25) is 0 Å². The summed E-state index contributed by atoms with van der Waals surface area (Å²) in [6, 6.07) is 60.5. The lowest BCUT2D eigenvalue weighted by molar-refractivity contribution is 0.475. The molecule has 11 rings (SSSR count). The number of phenols is 2. The number of rotatable bonds is 4. The zero-order valence-electron chi connectivity index (χ0n) is 28.4. The van der Waals surface area contributed by atoms with Gasteiger partial charge in [0.2, 0.25) is 0 Å². The molecule has 1 aliphatic rings. The van der Waals surface area contributed by atoms with E-state index < -0.39 is 5.41 Å². The fraction of sp³-hybridized carbons (Fsp3) is 0.0204. The van der Waals surface area contributed by atoms with Crippen LogP contribution >= 0.6 is 22.7 Å². The number of fused-ring (bicyclic) bond motifs is 7. The normalized spacial score (nSPS) is 13.2. The van der Waals surface area contributed by atoms with Gasteiger partial charge in [-0.3, -0.25) is 0 Å². The largest absolute Gasteiger partial charge is 0.508 e. The van der Waals surface area contributed by atoms with E-state index in [0.717, 1.165) is 32.7 Å². The average Bonchev–Trinajstić information content (AvgIpc) is 3.91. The second-order valence-electron chi connectivity index (χ2n) is 14.0. The van der Waals surface area contributed by atoms with Gasteiger partial charge in [-0.05, 0) is 137 Å². The Morgan fingerprint density at radius 1 is 0.340 bits per heavy atom. The summed E-state index contributed by atoms with van der Waals surface area (Å²) in [4.78, 5) is 2.47. The molecule has 0 spiro atoms. The summed E-state index contributed by atoms with van der Waals surface area (Å²) in [7, 11) is 0. The van der Waals surface area contributed by atoms with Crippen molar-refractivity contribution in [2.45, 2.75) is 5.41 Å². The second kappa shape index (κ2) is 11.4. The monoisotopic (exact) mass is 714 g/mol. The van der Waals surface area contributed by atoms with Crippen molar-refractivity contribution < 1.29 is 10.2 Å². The van der Waals surface area contributed by atoms with Crippen LogP contribution in [0.1, 0.15) is 22.3 Å². The predicted molar refractivity (Wildman–Crippen MR) is 224 cm³/mol. The Morgan fingerprint density at radius 3 is 1.23 bits per heavy atom. The zero-order chi connectivity index (χ0) is 35.3. The Morgan fingerprint density at radius 2 is 0.755 bits per heavy atom. The van der Waals surface area contributed by atoms with E-state index in [2.05, 4.69) is 133 Å². The molecule has 250 valence electrons. The summed E-state index contributed by atoms with van der Waals surface area (Å²) in [5, 5.41) is 27.5. The summed E-state index contributed by atoms with van der Waals surface area (Å²) in [6.07, 6.45) is 0. The van der Waals surface area contributed by atoms with Gasteiger partial charge < -0.3 is 10.2 Å². The molecule has 2 nitrogen and oxygen atoms in total. The summed E-state index contributed by atoms with van der Waals surface area (Å²) in [5.41, 5.74) is 9.04. The van der Waals surface area contributed by atoms with Gasteiger partial charge in [-0.1, -0.05) is 109 Å². The van der Waals surface area contributed by atoms with E-state index in [1.165, 1.54) is 63.3 Å². The predicted octanol–water partition coefficient (Wildman–Crippen LogP) is 13.5. The third kappa shape index (κ3) is 4.50. The molecule has 0 saturated heterocycles. The zero-order valence-corrected chi connectivity index (χ0v) is 30.0. The van der Waals surface area contributed by atoms with E-state index >= 15 is 0 Å². The third-order valence-corrected chi connectivity index (χ3v) is 13.4. The molecule has 8 aromatic carbocycles. The van der Waals surface area contributed by atoms with E-state index in [1.54, 1.807) is 12.1 Å². The van der Waals surface area contributed by atoms with Crippen molar-refractivity contribution in [2.24, 2.45) is 0 Å². The fourth-order valence-corrected chi connectivity index (χ4v) is 11.0. The number of hydrogen-bond acceptors (Lipinski definition) is 4. The quantitative estimate of drug-likeness (QED) is 0.191. The first-order valence-electron chi connectivity index (χ1n) is 17.8. The number of phenolic OH excluding ortho intramolecular Hbond substituents is 2. The second-order valence-corrected chi connectivity index (χ2v) is 16.2. The molecule has 2 heterocycles. The molecule has 0 bridgehead atoms. The van der Waals surface area contributed by atoms with Crippen molar-refractivity contribution in [3.8, 4) is 43.5 Å². The number of hydrogen-bond donors (Lipinski definition) is 2. The maximum atomic E-state index is 10.4. The first-order valence-corrected chi connectivity index (χ1v) is 19.4. The molecule has 0 saturated carbocycles. The standard InChI is InChI=1S/C49H30O2S2/c50-37-21-17-29-23-35(19-15-31(29)25-37)49(36-20-16-32-26-38(51)22-18-30(32)24-36)47-39(9-5-11-41(47)45-27-33-7-1-3-13-43(33)52-45)40-10-6-12-42(48(40)49)46-28-34-8-2-4-14-44(34)53-46/h1-28,50-51H. The van der Waals surface area contributed by atoms with Crippen molar-refractivity contribution in [3.63, 3.8) is 0 Å². The Labute approximate surface area is 314 Å². The van der Waals surface area contributed by atoms with Crippen LogP contribution in [0.25, 0.3) is 73.7 Å². The highest BCUT2D eigenvalue weighted by Crippen LogP contribution is 2.62. The van der Waals surface area contributed by atoms with Gasteiger partial charge in [0.15, 0.2) is 0 Å². The summed E-state index contributed by atoms with van der Waals surface area (Å²) < 4.78 is 2.53. The summed E-state index contributed by atoms with van der Waals surface area (Å²) >= 11 is 3.69. The van der Waals surface area contributed by atoms with E-state index in [4.69, 9.17) is 0 Å². The molecular formula is C49H30O2S2. The van der Waals surface area contributed by atoms with Crippen LogP contribution in [0.3, 0.4) is 0 Å². The van der Waals surface area contributed by atoms with Crippen LogP contribution in [0.4, 0.5) is 0 Å². The highest BCUT2D eigenvalue weighted by atomic mass is 32.1. The van der Waals surface area contributed by atoms with Gasteiger partial charge >= 0.3 is 0 Å². The first kappa shape index (κ1) is 30.4. The van der Waals surface area contributed by atoms with Crippen molar-refractivity contribution in [2.75, 3.05) is 0 Å². The molecule has 0 amide bonds. The van der Waals surface area contributed by atoms with Gasteiger partial charge in [0.05, 0.1) is 5.41 Å². The Bertz CT molecular complexity index is 2830. The van der Waals surface area contributed by atoms with E-state index in [-0.39, 0.29) is 11.5 Å². The minimum atomic E-state index is -0.734.